The molecule has 0 aliphatic heterocycles. The normalized spacial score (nSPS) is 9.19. The van der Waals surface area contributed by atoms with Gasteiger partial charge in [0.25, 0.3) is 0 Å². The number of hydrogen-bond acceptors (Lipinski definition) is 4. The first-order valence-electron chi connectivity index (χ1n) is 12.4. The maximum Gasteiger partial charge on any atom is 4.00 e. The van der Waals surface area contributed by atoms with Crippen molar-refractivity contribution < 1.29 is 46.6 Å². The van der Waals surface area contributed by atoms with E-state index in [2.05, 4.69) is 0 Å². The van der Waals surface area contributed by atoms with Crippen molar-refractivity contribution in [2.45, 2.75) is 53.4 Å². The van der Waals surface area contributed by atoms with Crippen LogP contribution in [0.15, 0.2) is 97.1 Å². The molecule has 4 aromatic carbocycles. The third-order valence-corrected chi connectivity index (χ3v) is 5.41. The third kappa shape index (κ3) is 13.2. The molecule has 0 saturated carbocycles. The minimum absolute atomic E-state index is 0. The summed E-state index contributed by atoms with van der Waals surface area (Å²) in [4.78, 5) is 0. The molecule has 0 radical (unpaired) electrons. The number of aryl methyl sites for hydroxylation is 4. The van der Waals surface area contributed by atoms with Gasteiger partial charge in [0.1, 0.15) is 0 Å². The predicted molar refractivity (Wildman–Crippen MR) is 141 cm³/mol. The van der Waals surface area contributed by atoms with Gasteiger partial charge in [0, 0.05) is 0 Å². The average molecular weight is 576 g/mol. The summed E-state index contributed by atoms with van der Waals surface area (Å²) >= 11 is 0. The van der Waals surface area contributed by atoms with Gasteiger partial charge in [-0.25, -0.2) is 0 Å². The average Bonchev–Trinajstić information content (AvgIpc) is 2.91. The molecular formula is C32H36O4Zr. The van der Waals surface area contributed by atoms with Gasteiger partial charge in [0.05, 0.1) is 0 Å². The zero-order valence-corrected chi connectivity index (χ0v) is 24.7. The van der Waals surface area contributed by atoms with Gasteiger partial charge in [0.2, 0.25) is 0 Å². The van der Waals surface area contributed by atoms with E-state index in [1.807, 2.05) is 76.2 Å². The molecule has 37 heavy (non-hydrogen) atoms. The number of benzene rings is 4. The topological polar surface area (TPSA) is 92.2 Å². The second kappa shape index (κ2) is 20.1. The monoisotopic (exact) mass is 574 g/mol. The van der Waals surface area contributed by atoms with Crippen molar-refractivity contribution in [3.8, 4) is 23.0 Å². The van der Waals surface area contributed by atoms with E-state index in [1.165, 1.54) is 0 Å². The zero-order chi connectivity index (χ0) is 26.8. The van der Waals surface area contributed by atoms with Gasteiger partial charge in [-0.3, -0.25) is 0 Å². The van der Waals surface area contributed by atoms with Crippen molar-refractivity contribution >= 4 is 0 Å². The van der Waals surface area contributed by atoms with E-state index in [1.54, 1.807) is 48.5 Å². The molecule has 5 heteroatoms. The van der Waals surface area contributed by atoms with E-state index >= 15 is 0 Å². The Morgan fingerprint density at radius 3 is 0.622 bits per heavy atom. The van der Waals surface area contributed by atoms with E-state index in [0.717, 1.165) is 47.9 Å². The van der Waals surface area contributed by atoms with Gasteiger partial charge < -0.3 is 20.4 Å². The van der Waals surface area contributed by atoms with Crippen LogP contribution in [0.5, 0.6) is 23.0 Å². The first-order valence-corrected chi connectivity index (χ1v) is 12.4. The van der Waals surface area contributed by atoms with Crippen molar-refractivity contribution in [2.75, 3.05) is 0 Å². The first-order chi connectivity index (χ1) is 17.4. The van der Waals surface area contributed by atoms with Crippen LogP contribution in [0.25, 0.3) is 0 Å². The molecule has 4 nitrogen and oxygen atoms in total. The van der Waals surface area contributed by atoms with Crippen molar-refractivity contribution in [1.82, 2.24) is 0 Å². The van der Waals surface area contributed by atoms with Crippen LogP contribution in [-0.2, 0) is 51.9 Å². The van der Waals surface area contributed by atoms with Crippen LogP contribution in [0.1, 0.15) is 49.9 Å². The Balaban J connectivity index is 0.000000463. The smallest absolute Gasteiger partial charge is 0.872 e. The predicted octanol–water partition coefficient (Wildman–Crippen LogP) is 5.29. The SMILES string of the molecule is CCc1ccccc1[O-].CCc1ccccc1[O-].CCc1ccccc1[O-].CCc1ccccc1[O-].[Zr+4]. The fourth-order valence-electron chi connectivity index (χ4n) is 3.18. The second-order valence-corrected chi connectivity index (χ2v) is 7.85. The van der Waals surface area contributed by atoms with Crippen molar-refractivity contribution in [3.63, 3.8) is 0 Å². The van der Waals surface area contributed by atoms with Crippen LogP contribution in [0.3, 0.4) is 0 Å². The van der Waals surface area contributed by atoms with Gasteiger partial charge in [0.15, 0.2) is 0 Å². The summed E-state index contributed by atoms with van der Waals surface area (Å²) in [6, 6.07) is 28.5. The Morgan fingerprint density at radius 2 is 0.514 bits per heavy atom. The van der Waals surface area contributed by atoms with Crippen molar-refractivity contribution in [1.29, 1.82) is 0 Å². The Labute approximate surface area is 241 Å². The van der Waals surface area contributed by atoms with Gasteiger partial charge in [-0.1, -0.05) is 147 Å². The first kappa shape index (κ1) is 34.0. The quantitative estimate of drug-likeness (QED) is 0.331. The molecule has 0 saturated heterocycles. The molecule has 0 aliphatic rings. The van der Waals surface area contributed by atoms with Crippen molar-refractivity contribution in [3.05, 3.63) is 119 Å². The van der Waals surface area contributed by atoms with Crippen LogP contribution in [0.2, 0.25) is 0 Å². The Morgan fingerprint density at radius 1 is 0.351 bits per heavy atom. The van der Waals surface area contributed by atoms with Crippen LogP contribution < -0.4 is 20.4 Å². The Bertz CT molecular complexity index is 963. The number of rotatable bonds is 4. The molecule has 4 rings (SSSR count). The molecule has 0 spiro atoms. The van der Waals surface area contributed by atoms with Crippen molar-refractivity contribution in [2.24, 2.45) is 0 Å². The molecule has 0 unspecified atom stereocenters. The van der Waals surface area contributed by atoms with Crippen LogP contribution in [-0.4, -0.2) is 0 Å². The summed E-state index contributed by atoms with van der Waals surface area (Å²) in [6.45, 7) is 7.93. The van der Waals surface area contributed by atoms with Gasteiger partial charge in [-0.15, -0.1) is 23.0 Å². The molecule has 0 aromatic heterocycles. The molecule has 0 bridgehead atoms. The van der Waals surface area contributed by atoms with Crippen LogP contribution >= 0.6 is 0 Å². The number of para-hydroxylation sites is 4. The molecule has 0 atom stereocenters. The molecular weight excluding hydrogens is 540 g/mol. The third-order valence-electron chi connectivity index (χ3n) is 5.41. The molecule has 0 amide bonds. The van der Waals surface area contributed by atoms with Gasteiger partial charge in [-0.05, 0) is 25.7 Å². The molecule has 0 aliphatic carbocycles. The molecule has 0 N–H and O–H groups in total. The molecule has 4 aromatic rings. The maximum absolute atomic E-state index is 10.9. The standard InChI is InChI=1S/4C8H10O.Zr/c4*1-2-7-5-3-4-6-8(7)9;/h4*3-6,9H,2H2,1H3;/q;;;;+4/p-4. The molecule has 192 valence electrons. The fraction of sp³-hybridized carbons (Fsp3) is 0.250. The van der Waals surface area contributed by atoms with Gasteiger partial charge in [-0.2, -0.15) is 0 Å². The summed E-state index contributed by atoms with van der Waals surface area (Å²) in [5, 5.41) is 43.4. The molecule has 0 fully saturated rings. The zero-order valence-electron chi connectivity index (χ0n) is 22.2. The van der Waals surface area contributed by atoms with Crippen LogP contribution in [0, 0.1) is 0 Å². The summed E-state index contributed by atoms with van der Waals surface area (Å²) in [5.41, 5.74) is 3.60. The van der Waals surface area contributed by atoms with E-state index in [-0.39, 0.29) is 49.2 Å². The summed E-state index contributed by atoms with van der Waals surface area (Å²) in [5.74, 6) is 0.611. The Hall–Kier alpha value is -3.04. The van der Waals surface area contributed by atoms with E-state index < -0.39 is 0 Å². The number of hydrogen-bond donors (Lipinski definition) is 0. The minimum atomic E-state index is 0. The Kier molecular flexibility index (Phi) is 18.4. The fourth-order valence-corrected chi connectivity index (χ4v) is 3.18. The van der Waals surface area contributed by atoms with E-state index in [0.29, 0.717) is 0 Å². The summed E-state index contributed by atoms with van der Waals surface area (Å²) in [7, 11) is 0. The second-order valence-electron chi connectivity index (χ2n) is 7.85. The van der Waals surface area contributed by atoms with Crippen LogP contribution in [0.4, 0.5) is 0 Å². The van der Waals surface area contributed by atoms with Gasteiger partial charge >= 0.3 is 26.2 Å². The largest absolute Gasteiger partial charge is 4.00 e. The summed E-state index contributed by atoms with van der Waals surface area (Å²) < 4.78 is 0. The molecule has 0 heterocycles. The minimum Gasteiger partial charge on any atom is -0.872 e. The summed E-state index contributed by atoms with van der Waals surface area (Å²) in [6.07, 6.45) is 3.33. The maximum atomic E-state index is 10.9. The van der Waals surface area contributed by atoms with E-state index in [4.69, 9.17) is 0 Å². The van der Waals surface area contributed by atoms with E-state index in [9.17, 15) is 20.4 Å².